The molecule has 0 bridgehead atoms. The Labute approximate surface area is 92.7 Å². The van der Waals surface area contributed by atoms with E-state index in [2.05, 4.69) is 22.2 Å². The molecule has 0 aromatic rings. The van der Waals surface area contributed by atoms with Gasteiger partial charge in [-0.2, -0.15) is 4.39 Å². The van der Waals surface area contributed by atoms with Gasteiger partial charge in [-0.15, -0.1) is 0 Å². The SMILES string of the molecule is CNC(=O)C1=C=C(NN)/C(C)=C\C(F)=C=C1. The lowest BCUT2D eigenvalue weighted by molar-refractivity contribution is -0.116. The van der Waals surface area contributed by atoms with Crippen molar-refractivity contribution in [2.75, 3.05) is 7.05 Å². The standard InChI is InChI=1S/C11H12FN3O/c1-7-5-9(12)4-3-8(11(16)14-2)6-10(7)15-13/h3,5,15H,13H2,1-2H3,(H,14,16)/b7-5-. The van der Waals surface area contributed by atoms with E-state index in [1.807, 2.05) is 0 Å². The number of hydrazine groups is 1. The van der Waals surface area contributed by atoms with Gasteiger partial charge in [-0.3, -0.25) is 4.79 Å². The minimum atomic E-state index is -0.576. The fourth-order valence-corrected chi connectivity index (χ4v) is 1.12. The minimum absolute atomic E-state index is 0.151. The number of nitrogens with two attached hydrogens (primary N) is 1. The van der Waals surface area contributed by atoms with Gasteiger partial charge in [-0.1, -0.05) is 11.5 Å². The van der Waals surface area contributed by atoms with Crippen molar-refractivity contribution in [3.05, 3.63) is 46.3 Å². The van der Waals surface area contributed by atoms with Gasteiger partial charge in [0.05, 0.1) is 11.3 Å². The van der Waals surface area contributed by atoms with Crippen LogP contribution < -0.4 is 16.6 Å². The van der Waals surface area contributed by atoms with E-state index in [0.717, 1.165) is 0 Å². The first-order chi connectivity index (χ1) is 7.58. The normalized spacial score (nSPS) is 18.2. The van der Waals surface area contributed by atoms with Gasteiger partial charge >= 0.3 is 0 Å². The predicted octanol–water partition coefficient (Wildman–Crippen LogP) is 0.573. The average molecular weight is 221 g/mol. The maximum atomic E-state index is 13.2. The zero-order chi connectivity index (χ0) is 12.1. The first-order valence-electron chi connectivity index (χ1n) is 4.59. The summed E-state index contributed by atoms with van der Waals surface area (Å²) in [7, 11) is 1.47. The molecule has 0 atom stereocenters. The Morgan fingerprint density at radius 1 is 1.56 bits per heavy atom. The second-order valence-corrected chi connectivity index (χ2v) is 3.10. The average Bonchev–Trinajstić information content (AvgIpc) is 2.26. The largest absolute Gasteiger partial charge is 0.355 e. The fraction of sp³-hybridized carbons (Fsp3) is 0.182. The summed E-state index contributed by atoms with van der Waals surface area (Å²) in [5.74, 6) is 4.30. The molecule has 0 unspecified atom stereocenters. The molecular weight excluding hydrogens is 209 g/mol. The summed E-state index contributed by atoms with van der Waals surface area (Å²) in [5, 5.41) is 2.41. The molecule has 0 saturated carbocycles. The summed E-state index contributed by atoms with van der Waals surface area (Å²) in [4.78, 5) is 11.4. The van der Waals surface area contributed by atoms with E-state index in [4.69, 9.17) is 5.84 Å². The highest BCUT2D eigenvalue weighted by Gasteiger charge is 2.07. The monoisotopic (exact) mass is 221 g/mol. The number of carbonyl (C=O) groups excluding carboxylic acids is 1. The van der Waals surface area contributed by atoms with E-state index in [9.17, 15) is 9.18 Å². The van der Waals surface area contributed by atoms with Crippen LogP contribution >= 0.6 is 0 Å². The lowest BCUT2D eigenvalue weighted by Crippen LogP contribution is -2.23. The van der Waals surface area contributed by atoms with Crippen LogP contribution in [0.2, 0.25) is 0 Å². The van der Waals surface area contributed by atoms with Crippen LogP contribution in [0.5, 0.6) is 0 Å². The summed E-state index contributed by atoms with van der Waals surface area (Å²) >= 11 is 0. The zero-order valence-electron chi connectivity index (χ0n) is 9.02. The maximum Gasteiger partial charge on any atom is 0.259 e. The summed E-state index contributed by atoms with van der Waals surface area (Å²) in [6.45, 7) is 1.65. The second kappa shape index (κ2) is 5.14. The molecule has 0 spiro atoms. The lowest BCUT2D eigenvalue weighted by atomic mass is 10.1. The van der Waals surface area contributed by atoms with Gasteiger partial charge in [0.1, 0.15) is 0 Å². The highest BCUT2D eigenvalue weighted by Crippen LogP contribution is 2.12. The lowest BCUT2D eigenvalue weighted by Gasteiger charge is -2.05. The zero-order valence-corrected chi connectivity index (χ0v) is 9.02. The van der Waals surface area contributed by atoms with Crippen LogP contribution in [0, 0.1) is 0 Å². The van der Waals surface area contributed by atoms with Crippen molar-refractivity contribution in [3.63, 3.8) is 0 Å². The molecule has 1 aliphatic rings. The highest BCUT2D eigenvalue weighted by atomic mass is 19.1. The van der Waals surface area contributed by atoms with Crippen LogP contribution in [-0.2, 0) is 4.79 Å². The minimum Gasteiger partial charge on any atom is -0.355 e. The summed E-state index contributed by atoms with van der Waals surface area (Å²) in [6.07, 6.45) is 2.47. The molecule has 0 radical (unpaired) electrons. The Morgan fingerprint density at radius 3 is 2.81 bits per heavy atom. The van der Waals surface area contributed by atoms with E-state index in [1.54, 1.807) is 6.92 Å². The Hall–Kier alpha value is -2.06. The number of amides is 1. The number of hydrogen-bond donors (Lipinski definition) is 3. The number of allylic oxidation sites excluding steroid dienone is 1. The Kier molecular flexibility index (Phi) is 3.86. The number of carbonyl (C=O) groups is 1. The molecule has 0 aromatic carbocycles. The predicted molar refractivity (Wildman–Crippen MR) is 58.4 cm³/mol. The fourth-order valence-electron chi connectivity index (χ4n) is 1.12. The van der Waals surface area contributed by atoms with Gasteiger partial charge in [0.25, 0.3) is 5.91 Å². The van der Waals surface area contributed by atoms with Crippen LogP contribution in [0.15, 0.2) is 46.3 Å². The van der Waals surface area contributed by atoms with E-state index in [0.29, 0.717) is 11.3 Å². The van der Waals surface area contributed by atoms with Crippen LogP contribution in [-0.4, -0.2) is 13.0 Å². The van der Waals surface area contributed by atoms with Crippen molar-refractivity contribution >= 4 is 5.91 Å². The molecule has 1 amide bonds. The summed E-state index contributed by atoms with van der Waals surface area (Å²) in [6, 6.07) is 0. The van der Waals surface area contributed by atoms with Crippen molar-refractivity contribution < 1.29 is 9.18 Å². The molecule has 0 aliphatic heterocycles. The van der Waals surface area contributed by atoms with Crippen molar-refractivity contribution in [2.45, 2.75) is 6.92 Å². The van der Waals surface area contributed by atoms with Gasteiger partial charge in [0.15, 0.2) is 5.83 Å². The van der Waals surface area contributed by atoms with Crippen molar-refractivity contribution in [3.8, 4) is 0 Å². The number of halogens is 1. The van der Waals surface area contributed by atoms with Gasteiger partial charge < -0.3 is 10.7 Å². The molecule has 0 heterocycles. The second-order valence-electron chi connectivity index (χ2n) is 3.10. The molecule has 16 heavy (non-hydrogen) atoms. The third-order valence-corrected chi connectivity index (χ3v) is 1.97. The third kappa shape index (κ3) is 2.72. The van der Waals surface area contributed by atoms with Gasteiger partial charge in [0, 0.05) is 13.1 Å². The summed E-state index contributed by atoms with van der Waals surface area (Å²) < 4.78 is 13.2. The van der Waals surface area contributed by atoms with Crippen molar-refractivity contribution in [1.82, 2.24) is 10.7 Å². The van der Waals surface area contributed by atoms with E-state index >= 15 is 0 Å². The number of hydrogen-bond acceptors (Lipinski definition) is 3. The molecule has 0 saturated heterocycles. The van der Waals surface area contributed by atoms with E-state index in [1.165, 1.54) is 19.2 Å². The third-order valence-electron chi connectivity index (χ3n) is 1.97. The number of nitrogens with one attached hydrogen (secondary N) is 2. The Morgan fingerprint density at radius 2 is 2.25 bits per heavy atom. The van der Waals surface area contributed by atoms with Gasteiger partial charge in [-0.25, -0.2) is 5.84 Å². The molecule has 1 aliphatic carbocycles. The van der Waals surface area contributed by atoms with Crippen LogP contribution in [0.1, 0.15) is 6.92 Å². The van der Waals surface area contributed by atoms with Crippen LogP contribution in [0.25, 0.3) is 0 Å². The molecule has 84 valence electrons. The van der Waals surface area contributed by atoms with E-state index in [-0.39, 0.29) is 11.5 Å². The Bertz CT molecular complexity index is 475. The van der Waals surface area contributed by atoms with Gasteiger partial charge in [-0.05, 0) is 18.6 Å². The molecule has 0 fully saturated rings. The molecular formula is C11H12FN3O. The molecule has 4 N–H and O–H groups in total. The quantitative estimate of drug-likeness (QED) is 0.363. The van der Waals surface area contributed by atoms with Crippen LogP contribution in [0.4, 0.5) is 4.39 Å². The first kappa shape index (κ1) is 12.0. The molecule has 1 rings (SSSR count). The van der Waals surface area contributed by atoms with Crippen LogP contribution in [0.3, 0.4) is 0 Å². The Balaban J connectivity index is 3.43. The molecule has 0 aromatic heterocycles. The maximum absolute atomic E-state index is 13.2. The van der Waals surface area contributed by atoms with Gasteiger partial charge in [0.2, 0.25) is 0 Å². The smallest absolute Gasteiger partial charge is 0.259 e. The topological polar surface area (TPSA) is 67.2 Å². The number of rotatable bonds is 2. The summed E-state index contributed by atoms with van der Waals surface area (Å²) in [5.41, 5.74) is 8.47. The van der Waals surface area contributed by atoms with Crippen molar-refractivity contribution in [2.24, 2.45) is 5.84 Å². The highest BCUT2D eigenvalue weighted by molar-refractivity contribution is 5.95. The number of likely N-dealkylation sites (N-methyl/N-ethyl adjacent to an activating group) is 1. The molecule has 4 nitrogen and oxygen atoms in total. The van der Waals surface area contributed by atoms with E-state index < -0.39 is 5.83 Å². The first-order valence-corrected chi connectivity index (χ1v) is 4.59. The molecule has 5 heteroatoms. The van der Waals surface area contributed by atoms with Crippen molar-refractivity contribution in [1.29, 1.82) is 0 Å².